The van der Waals surface area contributed by atoms with Crippen LogP contribution >= 0.6 is 57.9 Å². The number of hydrogen-bond donors (Lipinski definition) is 0. The van der Waals surface area contributed by atoms with Crippen LogP contribution in [0.1, 0.15) is 16.0 Å². The molecule has 9 heteroatoms. The average molecular weight is 523 g/mol. The maximum atomic E-state index is 13.8. The number of thioether (sulfide) groups is 1. The van der Waals surface area contributed by atoms with E-state index in [9.17, 15) is 4.79 Å². The van der Waals surface area contributed by atoms with Gasteiger partial charge in [0.2, 0.25) is 0 Å². The first kappa shape index (κ1) is 22.3. The lowest BCUT2D eigenvalue weighted by atomic mass is 10.1. The van der Waals surface area contributed by atoms with E-state index in [1.165, 1.54) is 16.6 Å². The van der Waals surface area contributed by atoms with Crippen molar-refractivity contribution in [2.75, 3.05) is 13.6 Å². The van der Waals surface area contributed by atoms with Crippen molar-refractivity contribution in [3.8, 4) is 5.69 Å². The summed E-state index contributed by atoms with van der Waals surface area (Å²) in [4.78, 5) is 23.0. The molecule has 0 amide bonds. The van der Waals surface area contributed by atoms with Crippen molar-refractivity contribution in [3.63, 3.8) is 0 Å². The third-order valence-electron chi connectivity index (χ3n) is 5.53. The van der Waals surface area contributed by atoms with Gasteiger partial charge in [0.1, 0.15) is 4.83 Å². The van der Waals surface area contributed by atoms with Gasteiger partial charge in [-0.1, -0.05) is 52.6 Å². The highest BCUT2D eigenvalue weighted by atomic mass is 35.5. The highest BCUT2D eigenvalue weighted by Gasteiger charge is 2.24. The van der Waals surface area contributed by atoms with Crippen LogP contribution in [0, 0.1) is 0 Å². The van der Waals surface area contributed by atoms with Crippen molar-refractivity contribution in [2.45, 2.75) is 23.9 Å². The summed E-state index contributed by atoms with van der Waals surface area (Å²) >= 11 is 21.9. The SMILES string of the molecule is CN1CCc2c(sc3nc(SCc4c(Cl)cccc4Cl)n(-c4ccc(Cl)cc4)c(=O)c23)C1. The van der Waals surface area contributed by atoms with Crippen molar-refractivity contribution in [1.82, 2.24) is 14.5 Å². The third-order valence-corrected chi connectivity index (χ3v) is 8.56. The molecule has 0 spiro atoms. The fourth-order valence-corrected chi connectivity index (χ4v) is 7.09. The summed E-state index contributed by atoms with van der Waals surface area (Å²) in [6.45, 7) is 1.77. The summed E-state index contributed by atoms with van der Waals surface area (Å²) in [5, 5.41) is 3.15. The molecule has 0 N–H and O–H groups in total. The lowest BCUT2D eigenvalue weighted by Crippen LogP contribution is -2.27. The molecule has 0 radical (unpaired) electrons. The molecule has 4 nitrogen and oxygen atoms in total. The van der Waals surface area contributed by atoms with Crippen LogP contribution < -0.4 is 5.56 Å². The Morgan fingerprint density at radius 3 is 2.53 bits per heavy atom. The van der Waals surface area contributed by atoms with Gasteiger partial charge in [-0.05, 0) is 61.0 Å². The second-order valence-corrected chi connectivity index (χ2v) is 10.9. The number of benzene rings is 2. The van der Waals surface area contributed by atoms with Crippen LogP contribution in [0.3, 0.4) is 0 Å². The van der Waals surface area contributed by atoms with Crippen LogP contribution in [-0.4, -0.2) is 28.0 Å². The maximum Gasteiger partial charge on any atom is 0.267 e. The highest BCUT2D eigenvalue weighted by molar-refractivity contribution is 7.98. The summed E-state index contributed by atoms with van der Waals surface area (Å²) in [6, 6.07) is 12.7. The third kappa shape index (κ3) is 4.09. The lowest BCUT2D eigenvalue weighted by Gasteiger charge is -2.21. The Morgan fingerprint density at radius 2 is 1.81 bits per heavy atom. The lowest BCUT2D eigenvalue weighted by molar-refractivity contribution is 0.318. The van der Waals surface area contributed by atoms with Crippen molar-refractivity contribution >= 4 is 68.1 Å². The molecule has 1 aliphatic rings. The van der Waals surface area contributed by atoms with Gasteiger partial charge in [0.15, 0.2) is 5.16 Å². The summed E-state index contributed by atoms with van der Waals surface area (Å²) in [5.74, 6) is 0.498. The van der Waals surface area contributed by atoms with E-state index in [-0.39, 0.29) is 5.56 Å². The van der Waals surface area contributed by atoms with Gasteiger partial charge in [-0.2, -0.15) is 0 Å². The summed E-state index contributed by atoms with van der Waals surface area (Å²) in [5.41, 5.74) is 2.64. The minimum Gasteiger partial charge on any atom is -0.301 e. The first-order valence-electron chi connectivity index (χ1n) is 10.00. The zero-order valence-corrected chi connectivity index (χ0v) is 21.0. The Bertz CT molecular complexity index is 1360. The van der Waals surface area contributed by atoms with E-state index in [2.05, 4.69) is 11.9 Å². The summed E-state index contributed by atoms with van der Waals surface area (Å²) < 4.78 is 1.68. The van der Waals surface area contributed by atoms with Crippen LogP contribution in [0.25, 0.3) is 15.9 Å². The number of aromatic nitrogens is 2. The van der Waals surface area contributed by atoms with Crippen molar-refractivity contribution in [1.29, 1.82) is 0 Å². The van der Waals surface area contributed by atoms with E-state index >= 15 is 0 Å². The molecule has 5 rings (SSSR count). The van der Waals surface area contributed by atoms with Crippen molar-refractivity contribution in [3.05, 3.63) is 83.9 Å². The molecule has 1 aliphatic heterocycles. The van der Waals surface area contributed by atoms with E-state index in [4.69, 9.17) is 39.8 Å². The van der Waals surface area contributed by atoms with Gasteiger partial charge in [0.05, 0.1) is 11.1 Å². The molecule has 0 atom stereocenters. The van der Waals surface area contributed by atoms with E-state index in [1.807, 2.05) is 30.3 Å². The Morgan fingerprint density at radius 1 is 1.09 bits per heavy atom. The van der Waals surface area contributed by atoms with Gasteiger partial charge >= 0.3 is 0 Å². The molecule has 32 heavy (non-hydrogen) atoms. The van der Waals surface area contributed by atoms with Gasteiger partial charge in [-0.15, -0.1) is 11.3 Å². The van der Waals surface area contributed by atoms with Gasteiger partial charge < -0.3 is 4.90 Å². The monoisotopic (exact) mass is 521 g/mol. The van der Waals surface area contributed by atoms with Gasteiger partial charge in [-0.3, -0.25) is 9.36 Å². The maximum absolute atomic E-state index is 13.8. The Balaban J connectivity index is 1.67. The Kier molecular flexibility index (Phi) is 6.27. The Hall–Kier alpha value is -1.54. The highest BCUT2D eigenvalue weighted by Crippen LogP contribution is 2.36. The molecule has 0 saturated carbocycles. The first-order chi connectivity index (χ1) is 15.4. The van der Waals surface area contributed by atoms with Crippen LogP contribution in [0.2, 0.25) is 15.1 Å². The van der Waals surface area contributed by atoms with Crippen LogP contribution in [0.5, 0.6) is 0 Å². The first-order valence-corrected chi connectivity index (χ1v) is 12.9. The van der Waals surface area contributed by atoms with Gasteiger partial charge in [0.25, 0.3) is 5.56 Å². The van der Waals surface area contributed by atoms with E-state index in [0.717, 1.165) is 46.5 Å². The van der Waals surface area contributed by atoms with Crippen LogP contribution in [0.15, 0.2) is 52.4 Å². The molecule has 0 saturated heterocycles. The van der Waals surface area contributed by atoms with Crippen molar-refractivity contribution in [2.24, 2.45) is 0 Å². The second-order valence-electron chi connectivity index (χ2n) is 7.67. The molecule has 2 aromatic heterocycles. The molecule has 0 unspecified atom stereocenters. The predicted octanol–water partition coefficient (Wildman–Crippen LogP) is 6.69. The summed E-state index contributed by atoms with van der Waals surface area (Å²) in [7, 11) is 2.10. The predicted molar refractivity (Wildman–Crippen MR) is 136 cm³/mol. The molecule has 0 fully saturated rings. The molecular formula is C23H18Cl3N3OS2. The molecule has 3 heterocycles. The summed E-state index contributed by atoms with van der Waals surface area (Å²) in [6.07, 6.45) is 0.852. The van der Waals surface area contributed by atoms with Crippen molar-refractivity contribution < 1.29 is 0 Å². The topological polar surface area (TPSA) is 38.1 Å². The zero-order chi connectivity index (χ0) is 22.4. The quantitative estimate of drug-likeness (QED) is 0.221. The number of likely N-dealkylation sites (N-methyl/N-ethyl adjacent to an activating group) is 1. The minimum absolute atomic E-state index is 0.0490. The van der Waals surface area contributed by atoms with E-state index in [0.29, 0.717) is 26.0 Å². The minimum atomic E-state index is -0.0490. The smallest absolute Gasteiger partial charge is 0.267 e. The molecule has 4 aromatic rings. The second kappa shape index (κ2) is 9.01. The molecular weight excluding hydrogens is 505 g/mol. The van der Waals surface area contributed by atoms with Gasteiger partial charge in [-0.25, -0.2) is 4.98 Å². The Labute approximate surface area is 208 Å². The molecule has 0 aliphatic carbocycles. The number of nitrogens with zero attached hydrogens (tertiary/aromatic N) is 3. The fraction of sp³-hybridized carbons (Fsp3) is 0.217. The van der Waals surface area contributed by atoms with E-state index in [1.54, 1.807) is 28.0 Å². The van der Waals surface area contributed by atoms with E-state index < -0.39 is 0 Å². The normalized spacial score (nSPS) is 14.1. The fourth-order valence-electron chi connectivity index (χ4n) is 3.87. The number of halogens is 3. The van der Waals surface area contributed by atoms with Crippen LogP contribution in [-0.2, 0) is 18.7 Å². The number of rotatable bonds is 4. The molecule has 0 bridgehead atoms. The number of hydrogen-bond acceptors (Lipinski definition) is 5. The average Bonchev–Trinajstić information content (AvgIpc) is 3.12. The standard InChI is InChI=1S/C23H18Cl3N3OS2/c1-28-10-9-15-19(11-28)32-21-20(15)22(30)29(14-7-5-13(24)6-8-14)23(27-21)31-12-16-17(25)3-2-4-18(16)26/h2-8H,9-12H2,1H3. The largest absolute Gasteiger partial charge is 0.301 e. The number of thiophene rings is 1. The van der Waals surface area contributed by atoms with Gasteiger partial charge in [0, 0.05) is 38.8 Å². The molecule has 2 aromatic carbocycles. The zero-order valence-electron chi connectivity index (χ0n) is 17.1. The van der Waals surface area contributed by atoms with Crippen LogP contribution in [0.4, 0.5) is 0 Å². The molecule has 164 valence electrons. The number of fused-ring (bicyclic) bond motifs is 3.